The van der Waals surface area contributed by atoms with Gasteiger partial charge in [-0.2, -0.15) is 11.8 Å². The third-order valence-electron chi connectivity index (χ3n) is 4.96. The maximum atomic E-state index is 13.5. The molecule has 0 saturated carbocycles. The van der Waals surface area contributed by atoms with Gasteiger partial charge in [0, 0.05) is 12.6 Å². The number of methoxy groups -OCH3 is 2. The number of anilines is 1. The molecule has 1 N–H and O–H groups in total. The van der Waals surface area contributed by atoms with E-state index < -0.39 is 28.3 Å². The number of hydrogen-bond acceptors (Lipinski definition) is 7. The van der Waals surface area contributed by atoms with Crippen LogP contribution in [0.2, 0.25) is 0 Å². The SMILES string of the molecule is COc1ccc(S(=O)(=O)N(CC(=O)NCCCSCc2ccco2)c2ccc(F)cc2)cc1OC. The second-order valence-electron chi connectivity index (χ2n) is 7.34. The molecule has 0 radical (unpaired) electrons. The number of rotatable bonds is 13. The Hall–Kier alpha value is -3.18. The van der Waals surface area contributed by atoms with Gasteiger partial charge >= 0.3 is 0 Å². The molecule has 3 rings (SSSR count). The molecule has 0 atom stereocenters. The number of furan rings is 1. The Kier molecular flexibility index (Phi) is 9.44. The number of amides is 1. The van der Waals surface area contributed by atoms with E-state index >= 15 is 0 Å². The van der Waals surface area contributed by atoms with Gasteiger partial charge in [-0.3, -0.25) is 9.10 Å². The summed E-state index contributed by atoms with van der Waals surface area (Å²) < 4.78 is 57.1. The predicted molar refractivity (Wildman–Crippen MR) is 133 cm³/mol. The second-order valence-corrected chi connectivity index (χ2v) is 10.3. The van der Waals surface area contributed by atoms with Crippen LogP contribution in [0.15, 0.2) is 70.2 Å². The van der Waals surface area contributed by atoms with Crippen molar-refractivity contribution < 1.29 is 31.5 Å². The quantitative estimate of drug-likeness (QED) is 0.338. The molecule has 0 bridgehead atoms. The van der Waals surface area contributed by atoms with Crippen LogP contribution in [0.4, 0.5) is 10.1 Å². The summed E-state index contributed by atoms with van der Waals surface area (Å²) in [6.07, 6.45) is 2.33. The molecule has 188 valence electrons. The van der Waals surface area contributed by atoms with Crippen LogP contribution in [0.1, 0.15) is 12.2 Å². The van der Waals surface area contributed by atoms with E-state index in [1.807, 2.05) is 12.1 Å². The van der Waals surface area contributed by atoms with Crippen LogP contribution in [-0.4, -0.2) is 47.4 Å². The molecule has 11 heteroatoms. The zero-order valence-electron chi connectivity index (χ0n) is 19.4. The first-order valence-corrected chi connectivity index (χ1v) is 13.3. The Morgan fingerprint density at radius 3 is 2.49 bits per heavy atom. The summed E-state index contributed by atoms with van der Waals surface area (Å²) in [4.78, 5) is 12.6. The molecule has 0 saturated heterocycles. The van der Waals surface area contributed by atoms with Gasteiger partial charge in [0.2, 0.25) is 5.91 Å². The number of thioether (sulfide) groups is 1. The zero-order valence-corrected chi connectivity index (χ0v) is 21.0. The van der Waals surface area contributed by atoms with E-state index in [2.05, 4.69) is 5.32 Å². The number of nitrogens with zero attached hydrogens (tertiary/aromatic N) is 1. The topological polar surface area (TPSA) is 98.1 Å². The zero-order chi connectivity index (χ0) is 25.3. The smallest absolute Gasteiger partial charge is 0.264 e. The lowest BCUT2D eigenvalue weighted by molar-refractivity contribution is -0.119. The molecular formula is C24H27FN2O6S2. The molecule has 1 heterocycles. The fraction of sp³-hybridized carbons (Fsp3) is 0.292. The van der Waals surface area contributed by atoms with Gasteiger partial charge in [0.15, 0.2) is 11.5 Å². The van der Waals surface area contributed by atoms with Gasteiger partial charge in [-0.1, -0.05) is 0 Å². The lowest BCUT2D eigenvalue weighted by Crippen LogP contribution is -2.41. The third kappa shape index (κ3) is 7.15. The minimum Gasteiger partial charge on any atom is -0.493 e. The lowest BCUT2D eigenvalue weighted by Gasteiger charge is -2.24. The highest BCUT2D eigenvalue weighted by atomic mass is 32.2. The first kappa shape index (κ1) is 26.4. The largest absolute Gasteiger partial charge is 0.493 e. The van der Waals surface area contributed by atoms with Crippen molar-refractivity contribution in [2.24, 2.45) is 0 Å². The normalized spacial score (nSPS) is 11.2. The minimum absolute atomic E-state index is 0.0957. The lowest BCUT2D eigenvalue weighted by atomic mass is 10.3. The maximum Gasteiger partial charge on any atom is 0.264 e. The van der Waals surface area contributed by atoms with Gasteiger partial charge in [0.25, 0.3) is 10.0 Å². The van der Waals surface area contributed by atoms with Crippen LogP contribution in [0, 0.1) is 5.82 Å². The van der Waals surface area contributed by atoms with Crippen LogP contribution < -0.4 is 19.1 Å². The third-order valence-corrected chi connectivity index (χ3v) is 7.79. The Balaban J connectivity index is 1.69. The van der Waals surface area contributed by atoms with E-state index in [4.69, 9.17) is 13.9 Å². The first-order chi connectivity index (χ1) is 16.8. The molecule has 0 unspecified atom stereocenters. The van der Waals surface area contributed by atoms with Crippen molar-refractivity contribution in [3.8, 4) is 11.5 Å². The molecule has 2 aromatic carbocycles. The Morgan fingerprint density at radius 2 is 1.83 bits per heavy atom. The maximum absolute atomic E-state index is 13.5. The van der Waals surface area contributed by atoms with Gasteiger partial charge in [0.1, 0.15) is 18.1 Å². The van der Waals surface area contributed by atoms with Crippen LogP contribution in [-0.2, 0) is 20.6 Å². The highest BCUT2D eigenvalue weighted by Crippen LogP contribution is 2.32. The molecule has 0 aliphatic rings. The number of nitrogens with one attached hydrogen (secondary N) is 1. The standard InChI is InChI=1S/C24H27FN2O6S2/c1-31-22-11-10-21(15-23(22)32-2)35(29,30)27(19-8-6-18(25)7-9-19)16-24(28)26-12-4-14-34-17-20-5-3-13-33-20/h3,5-11,13,15H,4,12,14,16-17H2,1-2H3,(H,26,28). The van der Waals surface area contributed by atoms with E-state index in [-0.39, 0.29) is 16.3 Å². The van der Waals surface area contributed by atoms with Gasteiger partial charge in [-0.05, 0) is 60.7 Å². The fourth-order valence-corrected chi connectivity index (χ4v) is 5.48. The fourth-order valence-electron chi connectivity index (χ4n) is 3.18. The van der Waals surface area contributed by atoms with Crippen LogP contribution in [0.3, 0.4) is 0 Å². The summed E-state index contributed by atoms with van der Waals surface area (Å²) >= 11 is 1.67. The molecule has 3 aromatic rings. The molecule has 0 aliphatic carbocycles. The minimum atomic E-state index is -4.18. The Morgan fingerprint density at radius 1 is 1.09 bits per heavy atom. The van der Waals surface area contributed by atoms with Crippen molar-refractivity contribution in [3.05, 3.63) is 72.4 Å². The highest BCUT2D eigenvalue weighted by Gasteiger charge is 2.28. The van der Waals surface area contributed by atoms with Crippen molar-refractivity contribution >= 4 is 33.4 Å². The molecule has 0 fully saturated rings. The van der Waals surface area contributed by atoms with E-state index in [0.29, 0.717) is 18.7 Å². The molecule has 35 heavy (non-hydrogen) atoms. The Bertz CT molecular complexity index is 1200. The van der Waals surface area contributed by atoms with Gasteiger partial charge < -0.3 is 19.2 Å². The average molecular weight is 523 g/mol. The molecule has 1 aromatic heterocycles. The summed E-state index contributed by atoms with van der Waals surface area (Å²) in [7, 11) is -1.35. The number of halogens is 1. The van der Waals surface area contributed by atoms with Gasteiger partial charge in [-0.15, -0.1) is 0 Å². The van der Waals surface area contributed by atoms with E-state index in [9.17, 15) is 17.6 Å². The van der Waals surface area contributed by atoms with Crippen molar-refractivity contribution in [2.75, 3.05) is 37.4 Å². The molecule has 0 spiro atoms. The highest BCUT2D eigenvalue weighted by molar-refractivity contribution is 7.98. The molecular weight excluding hydrogens is 495 g/mol. The number of hydrogen-bond donors (Lipinski definition) is 1. The predicted octanol–water partition coefficient (Wildman–Crippen LogP) is 4.07. The van der Waals surface area contributed by atoms with Crippen LogP contribution in [0.25, 0.3) is 0 Å². The number of sulfonamides is 1. The molecule has 1 amide bonds. The van der Waals surface area contributed by atoms with Crippen LogP contribution >= 0.6 is 11.8 Å². The monoisotopic (exact) mass is 522 g/mol. The molecule has 0 aliphatic heterocycles. The van der Waals surface area contributed by atoms with Gasteiger partial charge in [0.05, 0.1) is 36.8 Å². The number of benzene rings is 2. The summed E-state index contributed by atoms with van der Waals surface area (Å²) in [5.41, 5.74) is 0.158. The first-order valence-electron chi connectivity index (χ1n) is 10.7. The summed E-state index contributed by atoms with van der Waals surface area (Å²) in [6.45, 7) is -0.0838. The van der Waals surface area contributed by atoms with Crippen molar-refractivity contribution in [1.82, 2.24) is 5.32 Å². The van der Waals surface area contributed by atoms with Crippen molar-refractivity contribution in [1.29, 1.82) is 0 Å². The number of carbonyl (C=O) groups excluding carboxylic acids is 1. The summed E-state index contributed by atoms with van der Waals surface area (Å²) in [6, 6.07) is 12.8. The van der Waals surface area contributed by atoms with Crippen molar-refractivity contribution in [2.45, 2.75) is 17.1 Å². The van der Waals surface area contributed by atoms with E-state index in [1.54, 1.807) is 18.0 Å². The van der Waals surface area contributed by atoms with E-state index in [0.717, 1.165) is 33.7 Å². The summed E-state index contributed by atoms with van der Waals surface area (Å²) in [5, 5.41) is 2.75. The summed E-state index contributed by atoms with van der Waals surface area (Å²) in [5.74, 6) is 2.01. The molecule has 8 nitrogen and oxygen atoms in total. The van der Waals surface area contributed by atoms with Gasteiger partial charge in [-0.25, -0.2) is 12.8 Å². The van der Waals surface area contributed by atoms with E-state index in [1.165, 1.54) is 44.6 Å². The average Bonchev–Trinajstić information content (AvgIpc) is 3.38. The second kappa shape index (κ2) is 12.5. The number of ether oxygens (including phenoxy) is 2. The van der Waals surface area contributed by atoms with Crippen molar-refractivity contribution in [3.63, 3.8) is 0 Å². The van der Waals surface area contributed by atoms with Crippen LogP contribution in [0.5, 0.6) is 11.5 Å². The number of carbonyl (C=O) groups is 1. The Labute approximate surface area is 208 Å².